The van der Waals surface area contributed by atoms with Crippen LogP contribution in [0.4, 0.5) is 8.78 Å². The summed E-state index contributed by atoms with van der Waals surface area (Å²) < 4.78 is 32.6. The quantitative estimate of drug-likeness (QED) is 0.880. The van der Waals surface area contributed by atoms with Crippen molar-refractivity contribution in [1.29, 1.82) is 0 Å². The topological polar surface area (TPSA) is 76.5 Å². The molecule has 96 valence electrons. The van der Waals surface area contributed by atoms with Gasteiger partial charge >= 0.3 is 5.97 Å². The van der Waals surface area contributed by atoms with Crippen LogP contribution < -0.4 is 5.73 Å². The van der Waals surface area contributed by atoms with Crippen LogP contribution in [-0.2, 0) is 4.79 Å². The van der Waals surface area contributed by atoms with E-state index in [9.17, 15) is 13.6 Å². The average Bonchev–Trinajstić information content (AvgIpc) is 2.74. The fourth-order valence-corrected chi connectivity index (χ4v) is 1.82. The molecule has 0 radical (unpaired) electrons. The Hall–Kier alpha value is -1.95. The first kappa shape index (κ1) is 12.5. The van der Waals surface area contributed by atoms with Crippen molar-refractivity contribution in [2.24, 2.45) is 5.73 Å². The number of hydrogen-bond donors (Lipinski definition) is 2. The fourth-order valence-electron chi connectivity index (χ4n) is 1.82. The second kappa shape index (κ2) is 4.73. The Morgan fingerprint density at radius 3 is 2.89 bits per heavy atom. The van der Waals surface area contributed by atoms with Crippen molar-refractivity contribution in [3.05, 3.63) is 35.6 Å². The first-order valence-electron chi connectivity index (χ1n) is 5.33. The summed E-state index contributed by atoms with van der Waals surface area (Å²) in [6.45, 7) is 0. The highest BCUT2D eigenvalue weighted by molar-refractivity contribution is 5.79. The molecule has 0 aliphatic heterocycles. The molecule has 0 spiro atoms. The van der Waals surface area contributed by atoms with Crippen LogP contribution in [0.5, 0.6) is 0 Å². The molecule has 2 aromatic rings. The van der Waals surface area contributed by atoms with Gasteiger partial charge in [-0.2, -0.15) is 0 Å². The van der Waals surface area contributed by atoms with E-state index in [0.717, 1.165) is 6.07 Å². The van der Waals surface area contributed by atoms with Gasteiger partial charge in [0.15, 0.2) is 0 Å². The number of rotatable bonds is 4. The van der Waals surface area contributed by atoms with E-state index in [0.29, 0.717) is 0 Å². The molecule has 18 heavy (non-hydrogen) atoms. The maximum Gasteiger partial charge on any atom is 0.303 e. The van der Waals surface area contributed by atoms with Gasteiger partial charge in [-0.05, 0) is 12.5 Å². The van der Waals surface area contributed by atoms with Gasteiger partial charge in [-0.1, -0.05) is 0 Å². The zero-order valence-electron chi connectivity index (χ0n) is 9.32. The van der Waals surface area contributed by atoms with Gasteiger partial charge in [-0.3, -0.25) is 4.79 Å². The van der Waals surface area contributed by atoms with Crippen LogP contribution in [0.15, 0.2) is 22.8 Å². The lowest BCUT2D eigenvalue weighted by Crippen LogP contribution is -2.16. The fraction of sp³-hybridized carbons (Fsp3) is 0.250. The minimum absolute atomic E-state index is 0.0352. The Balaban J connectivity index is 2.39. The van der Waals surface area contributed by atoms with E-state index in [2.05, 4.69) is 0 Å². The van der Waals surface area contributed by atoms with Gasteiger partial charge in [0.05, 0.1) is 11.6 Å². The second-order valence-corrected chi connectivity index (χ2v) is 3.96. The lowest BCUT2D eigenvalue weighted by molar-refractivity contribution is -0.137. The molecule has 0 saturated carbocycles. The summed E-state index contributed by atoms with van der Waals surface area (Å²) in [6, 6.07) is 1.42. The summed E-state index contributed by atoms with van der Waals surface area (Å²) in [5.74, 6) is -2.68. The van der Waals surface area contributed by atoms with Gasteiger partial charge in [-0.15, -0.1) is 0 Å². The molecular weight excluding hydrogens is 244 g/mol. The van der Waals surface area contributed by atoms with Crippen molar-refractivity contribution in [2.45, 2.75) is 18.9 Å². The highest BCUT2D eigenvalue weighted by atomic mass is 19.1. The summed E-state index contributed by atoms with van der Waals surface area (Å²) in [5.41, 5.74) is 5.43. The molecule has 1 aromatic carbocycles. The molecule has 6 heteroatoms. The third-order valence-electron chi connectivity index (χ3n) is 2.72. The summed E-state index contributed by atoms with van der Waals surface area (Å²) in [6.07, 6.45) is 0.968. The highest BCUT2D eigenvalue weighted by Crippen LogP contribution is 2.29. The maximum absolute atomic E-state index is 14.0. The van der Waals surface area contributed by atoms with Gasteiger partial charge in [0, 0.05) is 24.1 Å². The number of nitrogens with two attached hydrogens (primary N) is 1. The molecule has 0 saturated heterocycles. The van der Waals surface area contributed by atoms with Crippen molar-refractivity contribution in [3.63, 3.8) is 0 Å². The third kappa shape index (κ3) is 2.19. The molecule has 1 atom stereocenters. The van der Waals surface area contributed by atoms with E-state index < -0.39 is 23.6 Å². The zero-order chi connectivity index (χ0) is 13.3. The van der Waals surface area contributed by atoms with E-state index in [4.69, 9.17) is 15.3 Å². The van der Waals surface area contributed by atoms with E-state index in [1.165, 1.54) is 12.3 Å². The van der Waals surface area contributed by atoms with E-state index in [-0.39, 0.29) is 29.4 Å². The van der Waals surface area contributed by atoms with Crippen molar-refractivity contribution < 1.29 is 23.1 Å². The van der Waals surface area contributed by atoms with Crippen molar-refractivity contribution in [3.8, 4) is 0 Å². The molecule has 0 amide bonds. The first-order valence-corrected chi connectivity index (χ1v) is 5.33. The Labute approximate surface area is 101 Å². The number of carboxylic acids is 1. The number of furan rings is 1. The Morgan fingerprint density at radius 1 is 1.50 bits per heavy atom. The van der Waals surface area contributed by atoms with Crippen LogP contribution in [0.25, 0.3) is 11.0 Å². The van der Waals surface area contributed by atoms with Crippen LogP contribution >= 0.6 is 0 Å². The molecule has 0 fully saturated rings. The molecule has 1 aromatic heterocycles. The second-order valence-electron chi connectivity index (χ2n) is 3.96. The average molecular weight is 255 g/mol. The van der Waals surface area contributed by atoms with Crippen molar-refractivity contribution >= 4 is 16.9 Å². The Kier molecular flexibility index (Phi) is 3.29. The van der Waals surface area contributed by atoms with Crippen LogP contribution in [-0.4, -0.2) is 11.1 Å². The van der Waals surface area contributed by atoms with Crippen molar-refractivity contribution in [1.82, 2.24) is 0 Å². The molecular formula is C12H11F2NO3. The van der Waals surface area contributed by atoms with Gasteiger partial charge in [-0.25, -0.2) is 8.78 Å². The maximum atomic E-state index is 14.0. The normalized spacial score (nSPS) is 12.8. The molecule has 0 bridgehead atoms. The standard InChI is InChI=1S/C12H11F2NO3/c13-7-5-9-6(3-4-18-9)12(14)11(7)8(15)1-2-10(16)17/h3-5,8H,1-2,15H2,(H,16,17). The van der Waals surface area contributed by atoms with Gasteiger partial charge in [0.25, 0.3) is 0 Å². The zero-order valence-corrected chi connectivity index (χ0v) is 9.32. The molecule has 1 unspecified atom stereocenters. The molecule has 0 aliphatic carbocycles. The first-order chi connectivity index (χ1) is 8.50. The number of fused-ring (bicyclic) bond motifs is 1. The van der Waals surface area contributed by atoms with Gasteiger partial charge in [0.2, 0.25) is 0 Å². The summed E-state index contributed by atoms with van der Waals surface area (Å²) in [4.78, 5) is 10.4. The van der Waals surface area contributed by atoms with E-state index >= 15 is 0 Å². The Bertz CT molecular complexity index is 594. The molecule has 0 aliphatic rings. The number of hydrogen-bond acceptors (Lipinski definition) is 3. The largest absolute Gasteiger partial charge is 0.481 e. The molecule has 4 nitrogen and oxygen atoms in total. The molecule has 2 rings (SSSR count). The highest BCUT2D eigenvalue weighted by Gasteiger charge is 2.21. The smallest absolute Gasteiger partial charge is 0.303 e. The molecule has 3 N–H and O–H groups in total. The lowest BCUT2D eigenvalue weighted by atomic mass is 10.00. The van der Waals surface area contributed by atoms with E-state index in [1.54, 1.807) is 0 Å². The molecule has 1 heterocycles. The lowest BCUT2D eigenvalue weighted by Gasteiger charge is -2.13. The number of aliphatic carboxylic acids is 1. The van der Waals surface area contributed by atoms with Crippen LogP contribution in [0.2, 0.25) is 0 Å². The third-order valence-corrected chi connectivity index (χ3v) is 2.72. The minimum Gasteiger partial charge on any atom is -0.481 e. The van der Waals surface area contributed by atoms with E-state index in [1.807, 2.05) is 0 Å². The number of carboxylic acid groups (broad SMARTS) is 1. The van der Waals surface area contributed by atoms with Crippen LogP contribution in [0.1, 0.15) is 24.4 Å². The summed E-state index contributed by atoms with van der Waals surface area (Å²) in [5, 5.41) is 8.66. The van der Waals surface area contributed by atoms with Crippen LogP contribution in [0, 0.1) is 11.6 Å². The minimum atomic E-state index is -1.06. The predicted octanol–water partition coefficient (Wildman–Crippen LogP) is 2.58. The number of carbonyl (C=O) groups is 1. The monoisotopic (exact) mass is 255 g/mol. The Morgan fingerprint density at radius 2 is 2.22 bits per heavy atom. The predicted molar refractivity (Wildman–Crippen MR) is 59.9 cm³/mol. The summed E-state index contributed by atoms with van der Waals surface area (Å²) in [7, 11) is 0. The van der Waals surface area contributed by atoms with Crippen LogP contribution in [0.3, 0.4) is 0 Å². The number of benzene rings is 1. The van der Waals surface area contributed by atoms with Crippen molar-refractivity contribution in [2.75, 3.05) is 0 Å². The van der Waals surface area contributed by atoms with Gasteiger partial charge in [0.1, 0.15) is 17.2 Å². The number of halogens is 2. The SMILES string of the molecule is NC(CCC(=O)O)c1c(F)cc2occc2c1F. The van der Waals surface area contributed by atoms with Gasteiger partial charge < -0.3 is 15.3 Å². The summed E-state index contributed by atoms with van der Waals surface area (Å²) >= 11 is 0.